The van der Waals surface area contributed by atoms with Crippen molar-refractivity contribution >= 4 is 5.91 Å². The Kier molecular flexibility index (Phi) is 1.72. The van der Waals surface area contributed by atoms with Crippen molar-refractivity contribution in [1.29, 1.82) is 0 Å². The van der Waals surface area contributed by atoms with Gasteiger partial charge >= 0.3 is 0 Å². The highest BCUT2D eigenvalue weighted by Crippen LogP contribution is 1.96. The first kappa shape index (κ1) is 6.38. The monoisotopic (exact) mass is 136 g/mol. The van der Waals surface area contributed by atoms with E-state index in [0.29, 0.717) is 5.69 Å². The Morgan fingerprint density at radius 3 is 3.10 bits per heavy atom. The predicted molar refractivity (Wildman–Crippen MR) is 34.3 cm³/mol. The molecule has 0 aromatic carbocycles. The highest BCUT2D eigenvalue weighted by Gasteiger charge is 2.00. The molecule has 10 heavy (non-hydrogen) atoms. The molecule has 1 aromatic rings. The summed E-state index contributed by atoms with van der Waals surface area (Å²) in [5.41, 5.74) is 8.16. The summed E-state index contributed by atoms with van der Waals surface area (Å²) < 4.78 is 0. The first-order chi connectivity index (χ1) is 4.84. The molecule has 1 amide bonds. The van der Waals surface area contributed by atoms with E-state index in [2.05, 4.69) is 15.0 Å². The Hall–Kier alpha value is -1.74. The summed E-state index contributed by atoms with van der Waals surface area (Å²) in [5.74, 6) is -0.590. The van der Waals surface area contributed by atoms with Crippen LogP contribution in [0.1, 0.15) is 10.5 Å². The highest BCUT2D eigenvalue weighted by molar-refractivity contribution is 5.92. The number of aromatic amines is 1. The van der Waals surface area contributed by atoms with Gasteiger partial charge in [0.1, 0.15) is 0 Å². The molecule has 5 heteroatoms. The van der Waals surface area contributed by atoms with Crippen molar-refractivity contribution < 1.29 is 4.79 Å². The third-order valence-electron chi connectivity index (χ3n) is 0.964. The Balaban J connectivity index is 2.87. The molecule has 0 bridgehead atoms. The summed E-state index contributed by atoms with van der Waals surface area (Å²) in [6.07, 6.45) is 1.58. The Labute approximate surface area is 56.3 Å². The average Bonchev–Trinajstić information content (AvgIpc) is 2.38. The van der Waals surface area contributed by atoms with Crippen molar-refractivity contribution in [3.8, 4) is 0 Å². The van der Waals surface area contributed by atoms with Crippen molar-refractivity contribution in [2.45, 2.75) is 0 Å². The third kappa shape index (κ3) is 1.15. The van der Waals surface area contributed by atoms with E-state index in [9.17, 15) is 4.79 Å². The van der Waals surface area contributed by atoms with Crippen LogP contribution in [0.4, 0.5) is 0 Å². The largest absolute Gasteiger partial charge is 0.359 e. The van der Waals surface area contributed by atoms with Crippen molar-refractivity contribution in [3.63, 3.8) is 0 Å². The molecule has 1 aromatic heterocycles. The lowest BCUT2D eigenvalue weighted by molar-refractivity contribution is 0.0996. The molecular formula is C5H4N4O. The molecule has 0 saturated carbocycles. The van der Waals surface area contributed by atoms with Gasteiger partial charge in [-0.15, -0.1) is 0 Å². The molecule has 1 N–H and O–H groups in total. The quantitative estimate of drug-likeness (QED) is 0.354. The van der Waals surface area contributed by atoms with Crippen LogP contribution in [0.25, 0.3) is 10.4 Å². The summed E-state index contributed by atoms with van der Waals surface area (Å²) in [6.45, 7) is 0. The molecule has 50 valence electrons. The van der Waals surface area contributed by atoms with Gasteiger partial charge in [-0.25, -0.2) is 0 Å². The van der Waals surface area contributed by atoms with Gasteiger partial charge in [0.2, 0.25) is 0 Å². The number of azide groups is 1. The fourth-order valence-corrected chi connectivity index (χ4v) is 0.558. The van der Waals surface area contributed by atoms with Gasteiger partial charge < -0.3 is 4.98 Å². The number of rotatable bonds is 1. The molecule has 0 atom stereocenters. The lowest BCUT2D eigenvalue weighted by Crippen LogP contribution is -1.91. The van der Waals surface area contributed by atoms with Gasteiger partial charge in [0.05, 0.1) is 5.69 Å². The van der Waals surface area contributed by atoms with E-state index < -0.39 is 5.91 Å². The molecule has 0 spiro atoms. The number of aromatic nitrogens is 1. The number of carbonyl (C=O) groups is 1. The van der Waals surface area contributed by atoms with Gasteiger partial charge in [0.15, 0.2) is 0 Å². The maximum Gasteiger partial charge on any atom is 0.265 e. The molecule has 0 aliphatic carbocycles. The number of H-pyrrole nitrogens is 1. The van der Waals surface area contributed by atoms with Crippen molar-refractivity contribution in [1.82, 2.24) is 4.98 Å². The Morgan fingerprint density at radius 1 is 1.80 bits per heavy atom. The first-order valence-electron chi connectivity index (χ1n) is 2.57. The Morgan fingerprint density at radius 2 is 2.60 bits per heavy atom. The first-order valence-corrected chi connectivity index (χ1v) is 2.57. The van der Waals surface area contributed by atoms with Gasteiger partial charge in [-0.1, -0.05) is 0 Å². The molecule has 0 aliphatic rings. The van der Waals surface area contributed by atoms with Crippen LogP contribution in [0.3, 0.4) is 0 Å². The van der Waals surface area contributed by atoms with Crippen molar-refractivity contribution in [3.05, 3.63) is 34.5 Å². The summed E-state index contributed by atoms with van der Waals surface area (Å²) in [6, 6.07) is 3.19. The minimum Gasteiger partial charge on any atom is -0.359 e. The van der Waals surface area contributed by atoms with Gasteiger partial charge in [-0.2, -0.15) is 0 Å². The van der Waals surface area contributed by atoms with E-state index in [4.69, 9.17) is 5.53 Å². The topological polar surface area (TPSA) is 81.6 Å². The molecule has 0 fully saturated rings. The number of hydrogen-bond donors (Lipinski definition) is 1. The Bertz CT molecular complexity index is 270. The number of nitrogens with one attached hydrogen (secondary N) is 1. The summed E-state index contributed by atoms with van der Waals surface area (Å²) >= 11 is 0. The molecule has 1 rings (SSSR count). The second-order valence-electron chi connectivity index (χ2n) is 1.58. The molecule has 0 saturated heterocycles. The number of carbonyl (C=O) groups excluding carboxylic acids is 1. The van der Waals surface area contributed by atoms with Crippen LogP contribution >= 0.6 is 0 Å². The second kappa shape index (κ2) is 2.70. The van der Waals surface area contributed by atoms with E-state index in [1.165, 1.54) is 6.07 Å². The SMILES string of the molecule is [N-]=[N+]=NC(=O)c1ccc[nH]1. The zero-order chi connectivity index (χ0) is 7.40. The van der Waals surface area contributed by atoms with E-state index >= 15 is 0 Å². The predicted octanol–water partition coefficient (Wildman–Crippen LogP) is 1.47. The van der Waals surface area contributed by atoms with Crippen LogP contribution in [0.5, 0.6) is 0 Å². The normalized spacial score (nSPS) is 8.40. The van der Waals surface area contributed by atoms with Crippen LogP contribution in [0, 0.1) is 0 Å². The van der Waals surface area contributed by atoms with Gasteiger partial charge in [0.25, 0.3) is 5.91 Å². The zero-order valence-electron chi connectivity index (χ0n) is 4.98. The summed E-state index contributed by atoms with van der Waals surface area (Å²) in [5, 5.41) is 2.88. The minimum atomic E-state index is -0.590. The van der Waals surface area contributed by atoms with Gasteiger partial charge in [0, 0.05) is 11.1 Å². The minimum absolute atomic E-state index is 0.304. The van der Waals surface area contributed by atoms with Crippen molar-refractivity contribution in [2.24, 2.45) is 5.11 Å². The lowest BCUT2D eigenvalue weighted by atomic mass is 10.4. The van der Waals surface area contributed by atoms with Gasteiger partial charge in [-0.05, 0) is 22.8 Å². The molecule has 0 radical (unpaired) electrons. The summed E-state index contributed by atoms with van der Waals surface area (Å²) in [7, 11) is 0. The standard InChI is InChI=1S/C5H4N4O/c6-9-8-5(10)4-2-1-3-7-4/h1-3,7H. The maximum atomic E-state index is 10.7. The fourth-order valence-electron chi connectivity index (χ4n) is 0.558. The van der Waals surface area contributed by atoms with E-state index in [0.717, 1.165) is 0 Å². The van der Waals surface area contributed by atoms with Crippen molar-refractivity contribution in [2.75, 3.05) is 0 Å². The van der Waals surface area contributed by atoms with E-state index in [1.54, 1.807) is 12.3 Å². The zero-order valence-corrected chi connectivity index (χ0v) is 4.98. The maximum absolute atomic E-state index is 10.7. The average molecular weight is 136 g/mol. The summed E-state index contributed by atoms with van der Waals surface area (Å²) in [4.78, 5) is 15.6. The van der Waals surface area contributed by atoms with Crippen LogP contribution in [-0.4, -0.2) is 10.9 Å². The molecule has 0 aliphatic heterocycles. The van der Waals surface area contributed by atoms with Crippen LogP contribution < -0.4 is 0 Å². The van der Waals surface area contributed by atoms with Gasteiger partial charge in [-0.3, -0.25) is 4.79 Å². The molecule has 0 unspecified atom stereocenters. The van der Waals surface area contributed by atoms with Crippen LogP contribution in [0.2, 0.25) is 0 Å². The lowest BCUT2D eigenvalue weighted by Gasteiger charge is -1.82. The highest BCUT2D eigenvalue weighted by atomic mass is 16.1. The number of nitrogens with zero attached hydrogens (tertiary/aromatic N) is 3. The fraction of sp³-hybridized carbons (Fsp3) is 0. The van der Waals surface area contributed by atoms with Crippen LogP contribution in [0.15, 0.2) is 23.4 Å². The van der Waals surface area contributed by atoms with E-state index in [1.807, 2.05) is 0 Å². The third-order valence-corrected chi connectivity index (χ3v) is 0.964. The smallest absolute Gasteiger partial charge is 0.265 e. The molecule has 1 heterocycles. The van der Waals surface area contributed by atoms with Crippen LogP contribution in [-0.2, 0) is 0 Å². The van der Waals surface area contributed by atoms with E-state index in [-0.39, 0.29) is 0 Å². The number of hydrogen-bond acceptors (Lipinski definition) is 1. The second-order valence-corrected chi connectivity index (χ2v) is 1.58. The molecular weight excluding hydrogens is 132 g/mol. The number of amides is 1. The molecule has 5 nitrogen and oxygen atoms in total.